The van der Waals surface area contributed by atoms with Crippen molar-refractivity contribution in [2.24, 2.45) is 4.99 Å². The third-order valence-corrected chi connectivity index (χ3v) is 5.72. The van der Waals surface area contributed by atoms with E-state index in [1.165, 1.54) is 15.5 Å². The first-order chi connectivity index (χ1) is 10.2. The van der Waals surface area contributed by atoms with Crippen molar-refractivity contribution in [3.8, 4) is 0 Å². The normalized spacial score (nSPS) is 14.3. The Balaban J connectivity index is 1.74. The molecule has 0 N–H and O–H groups in total. The van der Waals surface area contributed by atoms with Crippen LogP contribution in [0.2, 0.25) is 10.0 Å². The highest BCUT2D eigenvalue weighted by Crippen LogP contribution is 2.36. The van der Waals surface area contributed by atoms with Gasteiger partial charge in [-0.15, -0.1) is 23.5 Å². The zero-order valence-electron chi connectivity index (χ0n) is 11.2. The van der Waals surface area contributed by atoms with Gasteiger partial charge in [0.05, 0.1) is 10.7 Å². The fourth-order valence-corrected chi connectivity index (χ4v) is 4.28. The molecule has 0 spiro atoms. The van der Waals surface area contributed by atoms with Crippen LogP contribution in [0.3, 0.4) is 0 Å². The molecule has 0 atom stereocenters. The minimum absolute atomic E-state index is 0.738. The van der Waals surface area contributed by atoms with Crippen molar-refractivity contribution in [3.05, 3.63) is 58.1 Å². The highest BCUT2D eigenvalue weighted by Gasteiger charge is 2.11. The maximum Gasteiger partial charge on any atom is 0.0789 e. The van der Waals surface area contributed by atoms with Crippen LogP contribution < -0.4 is 0 Å². The van der Waals surface area contributed by atoms with Gasteiger partial charge >= 0.3 is 0 Å². The topological polar surface area (TPSA) is 12.4 Å². The van der Waals surface area contributed by atoms with Gasteiger partial charge in [0.2, 0.25) is 0 Å². The molecular weight excluding hydrogens is 341 g/mol. The number of fused-ring (bicyclic) bond motifs is 1. The molecule has 0 amide bonds. The second kappa shape index (κ2) is 7.10. The molecule has 1 nitrogen and oxygen atoms in total. The summed E-state index contributed by atoms with van der Waals surface area (Å²) in [7, 11) is 0. The van der Waals surface area contributed by atoms with Crippen molar-refractivity contribution < 1.29 is 0 Å². The molecule has 3 rings (SSSR count). The van der Waals surface area contributed by atoms with E-state index in [4.69, 9.17) is 28.2 Å². The Morgan fingerprint density at radius 3 is 2.62 bits per heavy atom. The van der Waals surface area contributed by atoms with Gasteiger partial charge in [0.15, 0.2) is 0 Å². The van der Waals surface area contributed by atoms with Crippen molar-refractivity contribution in [1.29, 1.82) is 0 Å². The molecule has 1 heterocycles. The lowest BCUT2D eigenvalue weighted by molar-refractivity contribution is 1.33. The van der Waals surface area contributed by atoms with E-state index in [1.807, 2.05) is 36.0 Å². The third-order valence-electron chi connectivity index (χ3n) is 3.06. The van der Waals surface area contributed by atoms with Gasteiger partial charge in [-0.3, -0.25) is 0 Å². The fourth-order valence-electron chi connectivity index (χ4n) is 1.99. The molecule has 2 aromatic carbocycles. The Hall–Kier alpha value is -0.610. The first-order valence-electron chi connectivity index (χ1n) is 6.58. The largest absolute Gasteiger partial charge is 0.245 e. The van der Waals surface area contributed by atoms with Crippen LogP contribution in [-0.4, -0.2) is 10.8 Å². The fraction of sp³-hybridized carbons (Fsp3) is 0.188. The van der Waals surface area contributed by atoms with Crippen LogP contribution in [0.4, 0.5) is 5.69 Å². The molecule has 1 aliphatic heterocycles. The Morgan fingerprint density at radius 2 is 1.81 bits per heavy atom. The first-order valence-corrected chi connectivity index (χ1v) is 9.30. The van der Waals surface area contributed by atoms with Gasteiger partial charge in [-0.2, -0.15) is 0 Å². The van der Waals surface area contributed by atoms with Gasteiger partial charge in [0.1, 0.15) is 0 Å². The van der Waals surface area contributed by atoms with Crippen LogP contribution in [0.5, 0.6) is 0 Å². The zero-order chi connectivity index (χ0) is 14.7. The number of hydrogen-bond donors (Lipinski definition) is 0. The number of halogens is 2. The number of hydrogen-bond acceptors (Lipinski definition) is 3. The Kier molecular flexibility index (Phi) is 5.17. The Labute approximate surface area is 143 Å². The van der Waals surface area contributed by atoms with Gasteiger partial charge < -0.3 is 0 Å². The molecule has 0 bridgehead atoms. The standard InChI is InChI=1S/C16H13Cl2NS2/c17-12-3-1-11(2-4-12)10-21-16-7-8-20-15-6-5-13(18)9-14(15)19-16/h1-6,9H,7-8,10H2. The summed E-state index contributed by atoms with van der Waals surface area (Å²) < 4.78 is 0. The number of nitrogens with zero attached hydrogens (tertiary/aromatic N) is 1. The lowest BCUT2D eigenvalue weighted by Crippen LogP contribution is -1.94. The van der Waals surface area contributed by atoms with E-state index >= 15 is 0 Å². The second-order valence-corrected chi connectivity index (χ2v) is 7.69. The van der Waals surface area contributed by atoms with E-state index < -0.39 is 0 Å². The molecule has 0 aliphatic carbocycles. The quantitative estimate of drug-likeness (QED) is 0.614. The predicted octanol–water partition coefficient (Wildman–Crippen LogP) is 6.45. The summed E-state index contributed by atoms with van der Waals surface area (Å²) in [4.78, 5) is 5.99. The van der Waals surface area contributed by atoms with Crippen LogP contribution >= 0.6 is 46.7 Å². The van der Waals surface area contributed by atoms with Gasteiger partial charge in [-0.25, -0.2) is 4.99 Å². The molecule has 2 aromatic rings. The third kappa shape index (κ3) is 4.19. The zero-order valence-corrected chi connectivity index (χ0v) is 14.3. The molecule has 0 unspecified atom stereocenters. The first kappa shape index (κ1) is 15.3. The molecule has 0 saturated carbocycles. The summed E-state index contributed by atoms with van der Waals surface area (Å²) in [5.41, 5.74) is 2.25. The van der Waals surface area contributed by atoms with Crippen molar-refractivity contribution in [2.45, 2.75) is 17.1 Å². The molecular formula is C16H13Cl2NS2. The summed E-state index contributed by atoms with van der Waals surface area (Å²) >= 11 is 15.6. The summed E-state index contributed by atoms with van der Waals surface area (Å²) in [6.07, 6.45) is 0.995. The number of aliphatic imine (C=N–C) groups is 1. The van der Waals surface area contributed by atoms with Crippen LogP contribution in [0.1, 0.15) is 12.0 Å². The maximum atomic E-state index is 6.07. The van der Waals surface area contributed by atoms with Gasteiger partial charge in [0, 0.05) is 32.9 Å². The highest BCUT2D eigenvalue weighted by atomic mass is 35.5. The number of rotatable bonds is 2. The van der Waals surface area contributed by atoms with E-state index in [1.54, 1.807) is 11.8 Å². The number of benzene rings is 2. The van der Waals surface area contributed by atoms with Crippen molar-refractivity contribution in [3.63, 3.8) is 0 Å². The van der Waals surface area contributed by atoms with E-state index in [0.717, 1.165) is 33.7 Å². The average Bonchev–Trinajstić information content (AvgIpc) is 2.68. The minimum Gasteiger partial charge on any atom is -0.245 e. The van der Waals surface area contributed by atoms with E-state index in [-0.39, 0.29) is 0 Å². The minimum atomic E-state index is 0.738. The lowest BCUT2D eigenvalue weighted by Gasteiger charge is -2.04. The molecule has 0 aromatic heterocycles. The van der Waals surface area contributed by atoms with Gasteiger partial charge in [-0.05, 0) is 35.9 Å². The summed E-state index contributed by atoms with van der Waals surface area (Å²) in [5.74, 6) is 1.97. The van der Waals surface area contributed by atoms with Crippen molar-refractivity contribution >= 4 is 57.5 Å². The average molecular weight is 354 g/mol. The lowest BCUT2D eigenvalue weighted by atomic mass is 10.2. The van der Waals surface area contributed by atoms with Gasteiger partial charge in [0.25, 0.3) is 0 Å². The summed E-state index contributed by atoms with van der Waals surface area (Å²) in [6, 6.07) is 13.9. The van der Waals surface area contributed by atoms with E-state index in [9.17, 15) is 0 Å². The van der Waals surface area contributed by atoms with Crippen molar-refractivity contribution in [2.75, 3.05) is 5.75 Å². The highest BCUT2D eigenvalue weighted by molar-refractivity contribution is 8.13. The Bertz CT molecular complexity index is 668. The second-order valence-electron chi connectivity index (χ2n) is 4.63. The SMILES string of the molecule is Clc1ccc(CSC2=Nc3cc(Cl)ccc3SCC2)cc1. The van der Waals surface area contributed by atoms with Crippen LogP contribution in [0.25, 0.3) is 0 Å². The summed E-state index contributed by atoms with van der Waals surface area (Å²) in [6.45, 7) is 0. The molecule has 0 radical (unpaired) electrons. The maximum absolute atomic E-state index is 6.07. The van der Waals surface area contributed by atoms with Crippen LogP contribution in [-0.2, 0) is 5.75 Å². The molecule has 5 heteroatoms. The predicted molar refractivity (Wildman–Crippen MR) is 96.6 cm³/mol. The van der Waals surface area contributed by atoms with Crippen molar-refractivity contribution in [1.82, 2.24) is 0 Å². The molecule has 0 fully saturated rings. The molecule has 21 heavy (non-hydrogen) atoms. The van der Waals surface area contributed by atoms with Crippen LogP contribution in [0, 0.1) is 0 Å². The van der Waals surface area contributed by atoms with E-state index in [0.29, 0.717) is 0 Å². The smallest absolute Gasteiger partial charge is 0.0789 e. The molecule has 1 aliphatic rings. The van der Waals surface area contributed by atoms with Crippen LogP contribution in [0.15, 0.2) is 52.4 Å². The monoisotopic (exact) mass is 353 g/mol. The molecule has 0 saturated heterocycles. The van der Waals surface area contributed by atoms with E-state index in [2.05, 4.69) is 18.2 Å². The molecule has 108 valence electrons. The Morgan fingerprint density at radius 1 is 1.05 bits per heavy atom. The number of thioether (sulfide) groups is 2. The summed E-state index contributed by atoms with van der Waals surface area (Å²) in [5, 5.41) is 2.68. The van der Waals surface area contributed by atoms with Gasteiger partial charge in [-0.1, -0.05) is 35.3 Å².